The highest BCUT2D eigenvalue weighted by molar-refractivity contribution is 7.30. The van der Waals surface area contributed by atoms with Gasteiger partial charge in [-0.2, -0.15) is 11.3 Å². The molecule has 2 heterocycles. The van der Waals surface area contributed by atoms with E-state index >= 15 is 0 Å². The smallest absolute Gasteiger partial charge is 0.405 e. The molecule has 23 heavy (non-hydrogen) atoms. The van der Waals surface area contributed by atoms with Gasteiger partial charge in [-0.05, 0) is 55.4 Å². The molecule has 0 aliphatic carbocycles. The maximum atomic E-state index is 6.11. The molecule has 0 aromatic carbocycles. The monoisotopic (exact) mass is 338 g/mol. The van der Waals surface area contributed by atoms with Crippen molar-refractivity contribution in [2.45, 2.75) is 78.8 Å². The Labute approximate surface area is 145 Å². The van der Waals surface area contributed by atoms with E-state index in [4.69, 9.17) is 18.6 Å². The molecule has 1 aromatic heterocycles. The molecule has 1 aliphatic rings. The molecule has 0 unspecified atom stereocenters. The molecule has 0 spiro atoms. The van der Waals surface area contributed by atoms with Crippen LogP contribution in [0, 0.1) is 0 Å². The third-order valence-electron chi connectivity index (χ3n) is 4.16. The van der Waals surface area contributed by atoms with Crippen LogP contribution < -0.4 is 9.55 Å². The lowest BCUT2D eigenvalue weighted by molar-refractivity contribution is 0.00578. The van der Waals surface area contributed by atoms with Crippen LogP contribution >= 0.6 is 11.3 Å². The lowest BCUT2D eigenvalue weighted by Crippen LogP contribution is -2.41. The average Bonchev–Trinajstić information content (AvgIpc) is 2.91. The molecule has 1 fully saturated rings. The van der Waals surface area contributed by atoms with Gasteiger partial charge in [0.1, 0.15) is 0 Å². The Morgan fingerprint density at radius 1 is 0.957 bits per heavy atom. The number of hydrogen-bond acceptors (Lipinski definition) is 5. The van der Waals surface area contributed by atoms with E-state index in [9.17, 15) is 0 Å². The SMILES string of the molecule is CC(C)OB(OC(C)C)c1ccc(B2OC(C)(C)C(C)(C)O2)s1. The van der Waals surface area contributed by atoms with Crippen LogP contribution in [0.5, 0.6) is 0 Å². The van der Waals surface area contributed by atoms with Crippen molar-refractivity contribution in [1.82, 2.24) is 0 Å². The van der Waals surface area contributed by atoms with Gasteiger partial charge >= 0.3 is 14.2 Å². The quantitative estimate of drug-likeness (QED) is 0.748. The molecule has 2 rings (SSSR count). The molecule has 0 bridgehead atoms. The van der Waals surface area contributed by atoms with Crippen LogP contribution in [0.15, 0.2) is 12.1 Å². The number of hydrogen-bond donors (Lipinski definition) is 0. The van der Waals surface area contributed by atoms with Crippen molar-refractivity contribution in [2.75, 3.05) is 0 Å². The summed E-state index contributed by atoms with van der Waals surface area (Å²) in [6.07, 6.45) is 0.197. The van der Waals surface area contributed by atoms with E-state index in [1.165, 1.54) is 0 Å². The van der Waals surface area contributed by atoms with Gasteiger partial charge in [-0.1, -0.05) is 12.1 Å². The summed E-state index contributed by atoms with van der Waals surface area (Å²) < 4.78 is 26.1. The first kappa shape index (κ1) is 19.0. The predicted molar refractivity (Wildman–Crippen MR) is 97.9 cm³/mol. The van der Waals surface area contributed by atoms with Crippen molar-refractivity contribution in [3.05, 3.63) is 12.1 Å². The summed E-state index contributed by atoms with van der Waals surface area (Å²) in [7, 11) is -0.686. The molecule has 0 amide bonds. The topological polar surface area (TPSA) is 36.9 Å². The van der Waals surface area contributed by atoms with Crippen LogP contribution in [0.3, 0.4) is 0 Å². The highest BCUT2D eigenvalue weighted by Gasteiger charge is 2.52. The van der Waals surface area contributed by atoms with Gasteiger partial charge in [-0.15, -0.1) is 0 Å². The fourth-order valence-electron chi connectivity index (χ4n) is 2.24. The Hall–Kier alpha value is -0.330. The normalized spacial score (nSPS) is 19.8. The van der Waals surface area contributed by atoms with Gasteiger partial charge in [0, 0.05) is 21.8 Å². The lowest BCUT2D eigenvalue weighted by atomic mass is 9.85. The lowest BCUT2D eigenvalue weighted by Gasteiger charge is -2.32. The molecule has 7 heteroatoms. The van der Waals surface area contributed by atoms with Crippen molar-refractivity contribution >= 4 is 35.1 Å². The highest BCUT2D eigenvalue weighted by Crippen LogP contribution is 2.36. The second-order valence-electron chi connectivity index (χ2n) is 7.53. The first-order valence-corrected chi connectivity index (χ1v) is 9.09. The van der Waals surface area contributed by atoms with Gasteiger partial charge in [0.15, 0.2) is 0 Å². The summed E-state index contributed by atoms with van der Waals surface area (Å²) in [5.41, 5.74) is -0.659. The molecule has 1 aromatic rings. The van der Waals surface area contributed by atoms with Crippen LogP contribution in [0.4, 0.5) is 0 Å². The minimum atomic E-state index is -0.351. The highest BCUT2D eigenvalue weighted by atomic mass is 32.1. The molecule has 0 saturated carbocycles. The largest absolute Gasteiger partial charge is 0.505 e. The molecule has 128 valence electrons. The van der Waals surface area contributed by atoms with E-state index in [0.29, 0.717) is 0 Å². The molecule has 1 saturated heterocycles. The zero-order chi connectivity index (χ0) is 17.4. The summed E-state index contributed by atoms with van der Waals surface area (Å²) in [6, 6.07) is 4.09. The summed E-state index contributed by atoms with van der Waals surface area (Å²) in [4.78, 5) is 0. The molecule has 1 aliphatic heterocycles. The second kappa shape index (κ2) is 6.89. The molecule has 0 radical (unpaired) electrons. The third kappa shape index (κ3) is 4.40. The predicted octanol–water partition coefficient (Wildman–Crippen LogP) is 2.59. The molecule has 0 atom stereocenters. The van der Waals surface area contributed by atoms with E-state index in [1.54, 1.807) is 11.3 Å². The van der Waals surface area contributed by atoms with Crippen molar-refractivity contribution in [1.29, 1.82) is 0 Å². The zero-order valence-corrected chi connectivity index (χ0v) is 16.3. The van der Waals surface area contributed by atoms with Crippen molar-refractivity contribution in [3.8, 4) is 0 Å². The zero-order valence-electron chi connectivity index (χ0n) is 15.5. The average molecular weight is 338 g/mol. The Kier molecular flexibility index (Phi) is 5.69. The fourth-order valence-corrected chi connectivity index (χ4v) is 3.19. The minimum Gasteiger partial charge on any atom is -0.405 e. The Morgan fingerprint density at radius 2 is 1.43 bits per heavy atom. The van der Waals surface area contributed by atoms with E-state index < -0.39 is 0 Å². The second-order valence-corrected chi connectivity index (χ2v) is 8.68. The maximum Gasteiger partial charge on any atom is 0.505 e. The van der Waals surface area contributed by atoms with Crippen LogP contribution in [0.2, 0.25) is 0 Å². The summed E-state index contributed by atoms with van der Waals surface area (Å²) in [5, 5.41) is 0. The van der Waals surface area contributed by atoms with Crippen LogP contribution in [0.25, 0.3) is 0 Å². The van der Waals surface area contributed by atoms with Gasteiger partial charge in [0.05, 0.1) is 11.2 Å². The van der Waals surface area contributed by atoms with Crippen molar-refractivity contribution < 1.29 is 18.6 Å². The van der Waals surface area contributed by atoms with E-state index in [-0.39, 0.29) is 37.6 Å². The molecular weight excluding hydrogens is 310 g/mol. The number of thiophene rings is 1. The van der Waals surface area contributed by atoms with Gasteiger partial charge in [-0.25, -0.2) is 0 Å². The Balaban J connectivity index is 2.16. The standard InChI is InChI=1S/C16H28B2O4S/c1-11(2)19-17(20-12(3)4)13-9-10-14(23-13)18-21-15(5,6)16(7,8)22-18/h9-12H,1-8H3. The van der Waals surface area contributed by atoms with Gasteiger partial charge in [0.25, 0.3) is 0 Å². The van der Waals surface area contributed by atoms with Crippen LogP contribution in [0.1, 0.15) is 55.4 Å². The van der Waals surface area contributed by atoms with Crippen molar-refractivity contribution in [3.63, 3.8) is 0 Å². The third-order valence-corrected chi connectivity index (χ3v) is 5.29. The molecule has 0 N–H and O–H groups in total. The molecular formula is C16H28B2O4S. The van der Waals surface area contributed by atoms with E-state index in [2.05, 4.69) is 27.7 Å². The van der Waals surface area contributed by atoms with Crippen LogP contribution in [-0.4, -0.2) is 37.6 Å². The Bertz CT molecular complexity index is 485. The number of rotatable bonds is 6. The summed E-state index contributed by atoms with van der Waals surface area (Å²) >= 11 is 1.62. The minimum absolute atomic E-state index is 0.0983. The summed E-state index contributed by atoms with van der Waals surface area (Å²) in [6.45, 7) is 16.3. The van der Waals surface area contributed by atoms with Gasteiger partial charge in [-0.3, -0.25) is 0 Å². The summed E-state index contributed by atoms with van der Waals surface area (Å²) in [5.74, 6) is 0. The van der Waals surface area contributed by atoms with E-state index in [1.807, 2.05) is 39.8 Å². The van der Waals surface area contributed by atoms with Crippen LogP contribution in [-0.2, 0) is 18.6 Å². The maximum absolute atomic E-state index is 6.11. The first-order valence-electron chi connectivity index (χ1n) is 8.28. The van der Waals surface area contributed by atoms with E-state index in [0.717, 1.165) is 9.55 Å². The fraction of sp³-hybridized carbons (Fsp3) is 0.750. The molecule has 4 nitrogen and oxygen atoms in total. The first-order chi connectivity index (χ1) is 10.5. The Morgan fingerprint density at radius 3 is 1.87 bits per heavy atom. The van der Waals surface area contributed by atoms with Gasteiger partial charge in [0.2, 0.25) is 0 Å². The van der Waals surface area contributed by atoms with Gasteiger partial charge < -0.3 is 18.6 Å². The van der Waals surface area contributed by atoms with Crippen molar-refractivity contribution in [2.24, 2.45) is 0 Å².